The van der Waals surface area contributed by atoms with Gasteiger partial charge in [-0.1, -0.05) is 30.0 Å². The molecule has 0 amide bonds. The first-order valence-electron chi connectivity index (χ1n) is 6.87. The summed E-state index contributed by atoms with van der Waals surface area (Å²) in [5.41, 5.74) is -0.840. The highest BCUT2D eigenvalue weighted by Crippen LogP contribution is 2.42. The van der Waals surface area contributed by atoms with E-state index in [1.807, 2.05) is 30.3 Å². The van der Waals surface area contributed by atoms with Crippen LogP contribution in [0.2, 0.25) is 0 Å². The normalized spacial score (nSPS) is 36.9. The largest absolute Gasteiger partial charge is 0.394 e. The summed E-state index contributed by atoms with van der Waals surface area (Å²) < 4.78 is 16.8. The van der Waals surface area contributed by atoms with E-state index in [4.69, 9.17) is 14.2 Å². The lowest BCUT2D eigenvalue weighted by Gasteiger charge is -2.28. The predicted octanol–water partition coefficient (Wildman–Crippen LogP) is 0.638. The van der Waals surface area contributed by atoms with Crippen molar-refractivity contribution in [3.8, 4) is 11.8 Å². The zero-order valence-corrected chi connectivity index (χ0v) is 11.9. The Bertz CT molecular complexity index is 573. The van der Waals surface area contributed by atoms with E-state index in [2.05, 4.69) is 11.8 Å². The third-order valence-electron chi connectivity index (χ3n) is 3.63. The number of hydrogen-bond donors (Lipinski definition) is 2. The second-order valence-electron chi connectivity index (χ2n) is 5.67. The maximum absolute atomic E-state index is 10.9. The average molecular weight is 290 g/mol. The van der Waals surface area contributed by atoms with Crippen LogP contribution in [0.4, 0.5) is 0 Å². The highest BCUT2D eigenvalue weighted by molar-refractivity contribution is 5.38. The molecule has 4 atom stereocenters. The van der Waals surface area contributed by atoms with Crippen molar-refractivity contribution in [2.24, 2.45) is 0 Å². The summed E-state index contributed by atoms with van der Waals surface area (Å²) in [5, 5.41) is 20.3. The van der Waals surface area contributed by atoms with Crippen LogP contribution in [0.5, 0.6) is 0 Å². The molecule has 0 radical (unpaired) electrons. The summed E-state index contributed by atoms with van der Waals surface area (Å²) in [6.45, 7) is 3.13. The number of aliphatic hydroxyl groups excluding tert-OH is 1. The van der Waals surface area contributed by atoms with E-state index >= 15 is 0 Å². The summed E-state index contributed by atoms with van der Waals surface area (Å²) in [7, 11) is 0. The number of fused-ring (bicyclic) bond motifs is 1. The van der Waals surface area contributed by atoms with Crippen LogP contribution in [0.15, 0.2) is 30.3 Å². The van der Waals surface area contributed by atoms with Gasteiger partial charge in [0.2, 0.25) is 0 Å². The van der Waals surface area contributed by atoms with Gasteiger partial charge in [-0.2, -0.15) is 0 Å². The molecule has 0 aliphatic carbocycles. The number of aliphatic hydroxyl groups is 2. The lowest BCUT2D eigenvalue weighted by molar-refractivity contribution is -0.225. The molecule has 5 nitrogen and oxygen atoms in total. The summed E-state index contributed by atoms with van der Waals surface area (Å²) in [6.07, 6.45) is -2.34. The van der Waals surface area contributed by atoms with Gasteiger partial charge >= 0.3 is 0 Å². The van der Waals surface area contributed by atoms with Crippen LogP contribution in [0, 0.1) is 11.8 Å². The van der Waals surface area contributed by atoms with E-state index in [0.717, 1.165) is 5.56 Å². The van der Waals surface area contributed by atoms with Crippen LogP contribution in [0.1, 0.15) is 19.4 Å². The Labute approximate surface area is 123 Å². The van der Waals surface area contributed by atoms with Crippen LogP contribution in [0.3, 0.4) is 0 Å². The van der Waals surface area contributed by atoms with Gasteiger partial charge in [0.15, 0.2) is 23.8 Å². The van der Waals surface area contributed by atoms with E-state index in [0.29, 0.717) is 0 Å². The first kappa shape index (κ1) is 14.5. The number of ether oxygens (including phenoxy) is 3. The molecule has 1 aromatic carbocycles. The molecule has 5 heteroatoms. The molecule has 0 bridgehead atoms. The van der Waals surface area contributed by atoms with Crippen LogP contribution in [0.25, 0.3) is 0 Å². The summed E-state index contributed by atoms with van der Waals surface area (Å²) >= 11 is 0. The smallest absolute Gasteiger partial charge is 0.191 e. The van der Waals surface area contributed by atoms with E-state index in [1.165, 1.54) is 0 Å². The maximum atomic E-state index is 10.9. The Balaban J connectivity index is 1.91. The maximum Gasteiger partial charge on any atom is 0.191 e. The van der Waals surface area contributed by atoms with Crippen LogP contribution >= 0.6 is 0 Å². The lowest BCUT2D eigenvalue weighted by atomic mass is 9.93. The van der Waals surface area contributed by atoms with Crippen molar-refractivity contribution < 1.29 is 24.4 Å². The zero-order chi connectivity index (χ0) is 15.1. The Morgan fingerprint density at radius 2 is 1.90 bits per heavy atom. The van der Waals surface area contributed by atoms with E-state index in [9.17, 15) is 10.2 Å². The molecule has 1 aromatic rings. The minimum atomic E-state index is -1.61. The topological polar surface area (TPSA) is 68.2 Å². The molecule has 2 fully saturated rings. The lowest BCUT2D eigenvalue weighted by Crippen LogP contribution is -2.49. The minimum Gasteiger partial charge on any atom is -0.394 e. The Kier molecular flexibility index (Phi) is 3.52. The molecule has 2 aliphatic rings. The highest BCUT2D eigenvalue weighted by atomic mass is 16.8. The van der Waals surface area contributed by atoms with Gasteiger partial charge in [-0.05, 0) is 26.0 Å². The fourth-order valence-electron chi connectivity index (χ4n) is 2.60. The molecule has 2 saturated heterocycles. The summed E-state index contributed by atoms with van der Waals surface area (Å²) in [6, 6.07) is 9.30. The van der Waals surface area contributed by atoms with Crippen LogP contribution < -0.4 is 0 Å². The molecule has 0 spiro atoms. The van der Waals surface area contributed by atoms with Gasteiger partial charge in [0.1, 0.15) is 6.10 Å². The van der Waals surface area contributed by atoms with E-state index in [-0.39, 0.29) is 6.61 Å². The Morgan fingerprint density at radius 1 is 1.19 bits per heavy atom. The van der Waals surface area contributed by atoms with Gasteiger partial charge in [-0.25, -0.2) is 0 Å². The van der Waals surface area contributed by atoms with Gasteiger partial charge in [0, 0.05) is 5.56 Å². The van der Waals surface area contributed by atoms with Gasteiger partial charge in [-0.3, -0.25) is 0 Å². The molecule has 2 N–H and O–H groups in total. The Morgan fingerprint density at radius 3 is 2.57 bits per heavy atom. The average Bonchev–Trinajstić information content (AvgIpc) is 2.90. The van der Waals surface area contributed by atoms with Crippen molar-refractivity contribution >= 4 is 0 Å². The standard InChI is InChI=1S/C16H18O5/c1-15(2)20-13-14(21-15)19-12(10-17)16(13,18)9-8-11-6-4-3-5-7-11/h3-7,12-14,17-18H,10H2,1-2H3/t12-,13+,14-,16-/m1/s1. The Hall–Kier alpha value is -1.42. The highest BCUT2D eigenvalue weighted by Gasteiger charge is 2.62. The quantitative estimate of drug-likeness (QED) is 0.743. The third kappa shape index (κ3) is 2.57. The molecule has 2 aliphatic heterocycles. The predicted molar refractivity (Wildman–Crippen MR) is 74.1 cm³/mol. The molecular formula is C16H18O5. The number of rotatable bonds is 1. The minimum absolute atomic E-state index is 0.361. The zero-order valence-electron chi connectivity index (χ0n) is 11.9. The second-order valence-corrected chi connectivity index (χ2v) is 5.67. The second kappa shape index (κ2) is 5.09. The first-order valence-corrected chi connectivity index (χ1v) is 6.87. The fourth-order valence-corrected chi connectivity index (χ4v) is 2.60. The molecule has 0 saturated carbocycles. The van der Waals surface area contributed by atoms with Crippen molar-refractivity contribution in [1.82, 2.24) is 0 Å². The molecule has 112 valence electrons. The molecule has 0 aromatic heterocycles. The van der Waals surface area contributed by atoms with Crippen molar-refractivity contribution in [1.29, 1.82) is 0 Å². The third-order valence-corrected chi connectivity index (χ3v) is 3.63. The van der Waals surface area contributed by atoms with Crippen molar-refractivity contribution in [2.45, 2.75) is 43.7 Å². The molecule has 2 heterocycles. The summed E-state index contributed by atoms with van der Waals surface area (Å²) in [4.78, 5) is 0. The first-order chi connectivity index (χ1) is 9.94. The number of benzene rings is 1. The summed E-state index contributed by atoms with van der Waals surface area (Å²) in [5.74, 6) is 4.86. The molecule has 0 unspecified atom stereocenters. The van der Waals surface area contributed by atoms with Crippen molar-refractivity contribution in [2.75, 3.05) is 6.61 Å². The van der Waals surface area contributed by atoms with Gasteiger partial charge in [0.25, 0.3) is 0 Å². The van der Waals surface area contributed by atoms with Gasteiger partial charge in [-0.15, -0.1) is 0 Å². The van der Waals surface area contributed by atoms with Crippen LogP contribution in [-0.4, -0.2) is 46.7 Å². The van der Waals surface area contributed by atoms with Crippen LogP contribution in [-0.2, 0) is 14.2 Å². The van der Waals surface area contributed by atoms with E-state index in [1.54, 1.807) is 13.8 Å². The number of hydrogen-bond acceptors (Lipinski definition) is 5. The fraction of sp³-hybridized carbons (Fsp3) is 0.500. The van der Waals surface area contributed by atoms with Crippen molar-refractivity contribution in [3.05, 3.63) is 35.9 Å². The molecule has 21 heavy (non-hydrogen) atoms. The van der Waals surface area contributed by atoms with Crippen molar-refractivity contribution in [3.63, 3.8) is 0 Å². The van der Waals surface area contributed by atoms with Gasteiger partial charge in [0.05, 0.1) is 6.61 Å². The molecular weight excluding hydrogens is 272 g/mol. The van der Waals surface area contributed by atoms with Gasteiger partial charge < -0.3 is 24.4 Å². The monoisotopic (exact) mass is 290 g/mol. The SMILES string of the molecule is CC1(C)O[C@H]2O[C@H](CO)[C@](O)(C#Cc3ccccc3)[C@H]2O1. The van der Waals surface area contributed by atoms with E-state index < -0.39 is 29.9 Å². The molecule has 3 rings (SSSR count).